The van der Waals surface area contributed by atoms with Crippen LogP contribution in [0.3, 0.4) is 0 Å². The molecule has 0 aliphatic heterocycles. The number of aliphatic imine (C=N–C) groups is 1. The van der Waals surface area contributed by atoms with Crippen molar-refractivity contribution >= 4 is 17.3 Å². The number of hydrogen-bond donors (Lipinski definition) is 2. The van der Waals surface area contributed by atoms with E-state index in [0.717, 1.165) is 53.0 Å². The Kier molecular flexibility index (Phi) is 8.81. The van der Waals surface area contributed by atoms with Gasteiger partial charge in [-0.2, -0.15) is 0 Å². The molecule has 0 aliphatic carbocycles. The second-order valence-electron chi connectivity index (χ2n) is 6.16. The van der Waals surface area contributed by atoms with E-state index in [9.17, 15) is 0 Å². The van der Waals surface area contributed by atoms with Crippen LogP contribution in [0.5, 0.6) is 11.5 Å². The van der Waals surface area contributed by atoms with Crippen LogP contribution in [0.15, 0.2) is 36.0 Å². The number of guanidine groups is 1. The van der Waals surface area contributed by atoms with Crippen LogP contribution in [0, 0.1) is 0 Å². The standard InChI is InChI=1S/C21H30N4O2S/c1-6-8-16-11-15(12-18(26-4)20(16)27-5)13-25-21(22-3)23-10-9-19-24-14-17(7-2)28-19/h6,11-12,14H,1,7-10,13H2,2-5H3,(H2,22,23,25). The third-order valence-corrected chi connectivity index (χ3v) is 5.45. The fourth-order valence-corrected chi connectivity index (χ4v) is 3.70. The van der Waals surface area contributed by atoms with Gasteiger partial charge in [-0.15, -0.1) is 17.9 Å². The zero-order chi connectivity index (χ0) is 20.4. The number of hydrogen-bond acceptors (Lipinski definition) is 5. The summed E-state index contributed by atoms with van der Waals surface area (Å²) in [6.07, 6.45) is 6.45. The molecule has 152 valence electrons. The number of nitrogens with zero attached hydrogens (tertiary/aromatic N) is 2. The Hall–Kier alpha value is -2.54. The minimum Gasteiger partial charge on any atom is -0.493 e. The number of ether oxygens (including phenoxy) is 2. The summed E-state index contributed by atoms with van der Waals surface area (Å²) in [5.41, 5.74) is 2.14. The molecule has 2 aromatic rings. The molecule has 1 aromatic heterocycles. The summed E-state index contributed by atoms with van der Waals surface area (Å²) in [5.74, 6) is 2.23. The first-order chi connectivity index (χ1) is 13.6. The molecule has 2 rings (SSSR count). The lowest BCUT2D eigenvalue weighted by molar-refractivity contribution is 0.352. The van der Waals surface area contributed by atoms with Gasteiger partial charge in [0.25, 0.3) is 0 Å². The monoisotopic (exact) mass is 402 g/mol. The minimum absolute atomic E-state index is 0.626. The van der Waals surface area contributed by atoms with E-state index in [1.54, 1.807) is 32.6 Å². The number of thiazole rings is 1. The number of allylic oxidation sites excluding steroid dienone is 1. The summed E-state index contributed by atoms with van der Waals surface area (Å²) >= 11 is 1.77. The molecule has 0 amide bonds. The summed E-state index contributed by atoms with van der Waals surface area (Å²) in [6.45, 7) is 7.38. The first-order valence-corrected chi connectivity index (χ1v) is 10.2. The molecule has 0 saturated carbocycles. The molecule has 28 heavy (non-hydrogen) atoms. The maximum atomic E-state index is 5.49. The lowest BCUT2D eigenvalue weighted by atomic mass is 10.1. The second-order valence-corrected chi connectivity index (χ2v) is 7.36. The van der Waals surface area contributed by atoms with Gasteiger partial charge in [-0.05, 0) is 30.5 Å². The van der Waals surface area contributed by atoms with Gasteiger partial charge in [0, 0.05) is 43.2 Å². The highest BCUT2D eigenvalue weighted by Crippen LogP contribution is 2.33. The number of methoxy groups -OCH3 is 2. The highest BCUT2D eigenvalue weighted by Gasteiger charge is 2.12. The smallest absolute Gasteiger partial charge is 0.191 e. The van der Waals surface area contributed by atoms with Crippen molar-refractivity contribution in [2.75, 3.05) is 27.8 Å². The van der Waals surface area contributed by atoms with E-state index in [4.69, 9.17) is 9.47 Å². The van der Waals surface area contributed by atoms with Crippen molar-refractivity contribution in [2.24, 2.45) is 4.99 Å². The van der Waals surface area contributed by atoms with Crippen LogP contribution >= 0.6 is 11.3 Å². The summed E-state index contributed by atoms with van der Waals surface area (Å²) < 4.78 is 11.0. The Labute approximate surface area is 171 Å². The highest BCUT2D eigenvalue weighted by molar-refractivity contribution is 7.11. The molecular weight excluding hydrogens is 372 g/mol. The Bertz CT molecular complexity index is 802. The van der Waals surface area contributed by atoms with E-state index in [1.807, 2.05) is 18.3 Å². The number of aromatic nitrogens is 1. The summed E-state index contributed by atoms with van der Waals surface area (Å²) in [5, 5.41) is 7.83. The van der Waals surface area contributed by atoms with Gasteiger partial charge in [0.2, 0.25) is 0 Å². The SMILES string of the molecule is C=CCc1cc(CNC(=NC)NCCc2ncc(CC)s2)cc(OC)c1OC. The predicted octanol–water partition coefficient (Wildman–Crippen LogP) is 3.36. The predicted molar refractivity (Wildman–Crippen MR) is 117 cm³/mol. The molecule has 6 nitrogen and oxygen atoms in total. The molecule has 2 N–H and O–H groups in total. The van der Waals surface area contributed by atoms with Crippen LogP contribution in [-0.4, -0.2) is 38.8 Å². The number of rotatable bonds is 10. The second kappa shape index (κ2) is 11.3. The maximum absolute atomic E-state index is 5.49. The molecule has 0 spiro atoms. The van der Waals surface area contributed by atoms with Crippen LogP contribution in [0.1, 0.15) is 27.9 Å². The highest BCUT2D eigenvalue weighted by atomic mass is 32.1. The quantitative estimate of drug-likeness (QED) is 0.362. The van der Waals surface area contributed by atoms with E-state index in [2.05, 4.69) is 40.2 Å². The van der Waals surface area contributed by atoms with E-state index in [-0.39, 0.29) is 0 Å². The van der Waals surface area contributed by atoms with Crippen molar-refractivity contribution in [1.29, 1.82) is 0 Å². The molecule has 0 bridgehead atoms. The molecule has 0 unspecified atom stereocenters. The van der Waals surface area contributed by atoms with Gasteiger partial charge >= 0.3 is 0 Å². The van der Waals surface area contributed by atoms with Gasteiger partial charge in [0.05, 0.1) is 19.2 Å². The van der Waals surface area contributed by atoms with Crippen LogP contribution < -0.4 is 20.1 Å². The molecule has 1 heterocycles. The number of benzene rings is 1. The largest absolute Gasteiger partial charge is 0.493 e. The summed E-state index contributed by atoms with van der Waals surface area (Å²) in [4.78, 5) is 10.1. The molecule has 0 atom stereocenters. The molecular formula is C21H30N4O2S. The summed E-state index contributed by atoms with van der Waals surface area (Å²) in [7, 11) is 5.07. The molecule has 0 radical (unpaired) electrons. The van der Waals surface area contributed by atoms with Crippen LogP contribution in [0.2, 0.25) is 0 Å². The van der Waals surface area contributed by atoms with Crippen molar-refractivity contribution in [3.05, 3.63) is 52.0 Å². The third kappa shape index (κ3) is 5.99. The lowest BCUT2D eigenvalue weighted by Gasteiger charge is -2.16. The Morgan fingerprint density at radius 3 is 2.71 bits per heavy atom. The molecule has 7 heteroatoms. The summed E-state index contributed by atoms with van der Waals surface area (Å²) in [6, 6.07) is 4.08. The third-order valence-electron chi connectivity index (χ3n) is 4.24. The minimum atomic E-state index is 0.626. The van der Waals surface area contributed by atoms with Crippen molar-refractivity contribution in [1.82, 2.24) is 15.6 Å². The van der Waals surface area contributed by atoms with Crippen molar-refractivity contribution in [3.63, 3.8) is 0 Å². The van der Waals surface area contributed by atoms with Crippen molar-refractivity contribution < 1.29 is 9.47 Å². The van der Waals surface area contributed by atoms with Gasteiger partial charge < -0.3 is 20.1 Å². The first kappa shape index (κ1) is 21.8. The topological polar surface area (TPSA) is 67.8 Å². The van der Waals surface area contributed by atoms with Gasteiger partial charge in [0.1, 0.15) is 0 Å². The molecule has 0 fully saturated rings. The Morgan fingerprint density at radius 1 is 1.29 bits per heavy atom. The Balaban J connectivity index is 1.94. The van der Waals surface area contributed by atoms with Crippen molar-refractivity contribution in [3.8, 4) is 11.5 Å². The Morgan fingerprint density at radius 2 is 2.11 bits per heavy atom. The number of nitrogens with one attached hydrogen (secondary N) is 2. The fraction of sp³-hybridized carbons (Fsp3) is 0.429. The van der Waals surface area contributed by atoms with Crippen molar-refractivity contribution in [2.45, 2.75) is 32.7 Å². The number of aryl methyl sites for hydroxylation is 1. The van der Waals surface area contributed by atoms with E-state index < -0.39 is 0 Å². The van der Waals surface area contributed by atoms with Gasteiger partial charge in [-0.1, -0.05) is 13.0 Å². The molecule has 0 aliphatic rings. The van der Waals surface area contributed by atoms with Crippen LogP contribution in [0.25, 0.3) is 0 Å². The first-order valence-electron chi connectivity index (χ1n) is 9.37. The zero-order valence-corrected chi connectivity index (χ0v) is 18.0. The lowest BCUT2D eigenvalue weighted by Crippen LogP contribution is -2.37. The maximum Gasteiger partial charge on any atom is 0.191 e. The molecule has 0 saturated heterocycles. The van der Waals surface area contributed by atoms with E-state index in [0.29, 0.717) is 13.0 Å². The average Bonchev–Trinajstić information content (AvgIpc) is 3.18. The van der Waals surface area contributed by atoms with Gasteiger partial charge in [-0.25, -0.2) is 4.98 Å². The van der Waals surface area contributed by atoms with Gasteiger partial charge in [0.15, 0.2) is 17.5 Å². The average molecular weight is 403 g/mol. The van der Waals surface area contributed by atoms with Crippen LogP contribution in [0.4, 0.5) is 0 Å². The van der Waals surface area contributed by atoms with Crippen LogP contribution in [-0.2, 0) is 25.8 Å². The van der Waals surface area contributed by atoms with E-state index >= 15 is 0 Å². The van der Waals surface area contributed by atoms with Gasteiger partial charge in [-0.3, -0.25) is 4.99 Å². The normalized spacial score (nSPS) is 11.2. The van der Waals surface area contributed by atoms with E-state index in [1.165, 1.54) is 4.88 Å². The molecule has 1 aromatic carbocycles. The fourth-order valence-electron chi connectivity index (χ4n) is 2.84. The zero-order valence-electron chi connectivity index (χ0n) is 17.2.